The second kappa shape index (κ2) is 8.71. The molecule has 166 valence electrons. The van der Waals surface area contributed by atoms with Crippen LogP contribution >= 0.6 is 0 Å². The number of nitrogens with one attached hydrogen (secondary N) is 2. The Balaban J connectivity index is 1.40. The molecule has 2 N–H and O–H groups in total. The molecule has 4 rings (SSSR count). The molecule has 0 spiro atoms. The number of carbonyl (C=O) groups is 2. The first-order valence-corrected chi connectivity index (χ1v) is 10.4. The number of carbonyl (C=O) groups excluding carboxylic acids is 2. The van der Waals surface area contributed by atoms with Gasteiger partial charge in [0, 0.05) is 17.7 Å². The number of hydrogen-bond donors (Lipinski definition) is 2. The lowest BCUT2D eigenvalue weighted by Gasteiger charge is -2.27. The average molecular weight is 435 g/mol. The Morgan fingerprint density at radius 2 is 1.69 bits per heavy atom. The molecule has 0 aliphatic carbocycles. The Kier molecular flexibility index (Phi) is 5.98. The summed E-state index contributed by atoms with van der Waals surface area (Å²) in [7, 11) is 0. The third-order valence-corrected chi connectivity index (χ3v) is 5.56. The van der Waals surface area contributed by atoms with Crippen molar-refractivity contribution in [3.8, 4) is 0 Å². The lowest BCUT2D eigenvalue weighted by atomic mass is 9.96. The Morgan fingerprint density at radius 1 is 1.03 bits per heavy atom. The minimum absolute atomic E-state index is 0.202. The topological polar surface area (TPSA) is 90.2 Å². The van der Waals surface area contributed by atoms with Gasteiger partial charge >= 0.3 is 0 Å². The molecule has 3 atom stereocenters. The van der Waals surface area contributed by atoms with Crippen molar-refractivity contribution in [2.75, 3.05) is 19.7 Å². The molecular formula is C24H25N3O5. The van der Waals surface area contributed by atoms with Crippen molar-refractivity contribution in [2.24, 2.45) is 0 Å². The van der Waals surface area contributed by atoms with Crippen LogP contribution in [0.25, 0.3) is 4.85 Å². The van der Waals surface area contributed by atoms with Crippen molar-refractivity contribution in [2.45, 2.75) is 37.4 Å². The van der Waals surface area contributed by atoms with E-state index in [1.54, 1.807) is 48.5 Å². The number of benzene rings is 2. The zero-order valence-electron chi connectivity index (χ0n) is 18.0. The summed E-state index contributed by atoms with van der Waals surface area (Å²) in [6.45, 7) is 11.3. The lowest BCUT2D eigenvalue weighted by molar-refractivity contribution is -0.188. The number of rotatable bonds is 6. The fraction of sp³-hybridized carbons (Fsp3) is 0.375. The summed E-state index contributed by atoms with van der Waals surface area (Å²) in [6, 6.07) is 15.4. The Hall–Kier alpha value is -3.25. The van der Waals surface area contributed by atoms with Crippen LogP contribution in [-0.4, -0.2) is 55.1 Å². The largest absolute Gasteiger partial charge is 0.370 e. The van der Waals surface area contributed by atoms with Crippen LogP contribution in [-0.2, 0) is 14.2 Å². The molecule has 2 aromatic rings. The van der Waals surface area contributed by atoms with E-state index >= 15 is 0 Å². The van der Waals surface area contributed by atoms with E-state index in [4.69, 9.17) is 20.8 Å². The maximum Gasteiger partial charge on any atom is 0.251 e. The fourth-order valence-corrected chi connectivity index (χ4v) is 4.10. The standard InChI is InChI=1S/C24H25N3O5/c1-23(2)31-20-19(13-26-21(28)17-9-11-18(25-3)12-10-17)30-15-24(20,32-23)14-27-22(29)16-7-5-4-6-8-16/h4-12,19-20H,13-15H2,1-2H3,(H,26,28)(H,27,29)/t19-,20-,24+/m1/s1. The first kappa shape index (κ1) is 22.0. The van der Waals surface area contributed by atoms with Crippen molar-refractivity contribution in [3.05, 3.63) is 77.1 Å². The highest BCUT2D eigenvalue weighted by molar-refractivity contribution is 5.94. The van der Waals surface area contributed by atoms with Crippen LogP contribution in [0.5, 0.6) is 0 Å². The van der Waals surface area contributed by atoms with E-state index in [0.29, 0.717) is 16.8 Å². The van der Waals surface area contributed by atoms with Gasteiger partial charge in [-0.15, -0.1) is 0 Å². The molecule has 8 heteroatoms. The predicted octanol–water partition coefficient (Wildman–Crippen LogP) is 2.69. The molecule has 2 fully saturated rings. The van der Waals surface area contributed by atoms with Gasteiger partial charge in [0.05, 0.1) is 19.7 Å². The molecule has 0 unspecified atom stereocenters. The van der Waals surface area contributed by atoms with Gasteiger partial charge in [0.1, 0.15) is 17.8 Å². The predicted molar refractivity (Wildman–Crippen MR) is 116 cm³/mol. The van der Waals surface area contributed by atoms with Gasteiger partial charge in [0.25, 0.3) is 11.8 Å². The van der Waals surface area contributed by atoms with E-state index < -0.39 is 23.6 Å². The molecule has 2 saturated heterocycles. The molecule has 2 aliphatic rings. The van der Waals surface area contributed by atoms with E-state index in [9.17, 15) is 9.59 Å². The summed E-state index contributed by atoms with van der Waals surface area (Å²) < 4.78 is 18.2. The van der Waals surface area contributed by atoms with E-state index in [1.807, 2.05) is 19.9 Å². The van der Waals surface area contributed by atoms with Crippen molar-refractivity contribution >= 4 is 17.5 Å². The SMILES string of the molecule is [C-]#[N+]c1ccc(C(=O)NC[C@H]2OC[C@]3(CNC(=O)c4ccccc4)OC(C)(C)O[C@H]23)cc1. The minimum Gasteiger partial charge on any atom is -0.370 e. The first-order valence-electron chi connectivity index (χ1n) is 10.4. The van der Waals surface area contributed by atoms with Crippen molar-refractivity contribution < 1.29 is 23.8 Å². The Morgan fingerprint density at radius 3 is 2.38 bits per heavy atom. The second-order valence-corrected chi connectivity index (χ2v) is 8.37. The molecule has 2 aliphatic heterocycles. The molecule has 0 saturated carbocycles. The third kappa shape index (κ3) is 4.50. The van der Waals surface area contributed by atoms with Gasteiger partial charge in [-0.2, -0.15) is 0 Å². The molecule has 2 heterocycles. The van der Waals surface area contributed by atoms with E-state index in [2.05, 4.69) is 15.5 Å². The van der Waals surface area contributed by atoms with Gasteiger partial charge in [-0.05, 0) is 26.0 Å². The Labute approximate surface area is 186 Å². The van der Waals surface area contributed by atoms with Crippen molar-refractivity contribution in [1.82, 2.24) is 10.6 Å². The van der Waals surface area contributed by atoms with E-state index in [1.165, 1.54) is 0 Å². The highest BCUT2D eigenvalue weighted by Gasteiger charge is 2.61. The summed E-state index contributed by atoms with van der Waals surface area (Å²) in [6.07, 6.45) is -0.893. The van der Waals surface area contributed by atoms with Crippen molar-refractivity contribution in [3.63, 3.8) is 0 Å². The first-order chi connectivity index (χ1) is 15.3. The quantitative estimate of drug-likeness (QED) is 0.681. The normalized spacial score (nSPS) is 25.5. The smallest absolute Gasteiger partial charge is 0.251 e. The zero-order chi connectivity index (χ0) is 22.8. The number of ether oxygens (including phenoxy) is 3. The van der Waals surface area contributed by atoms with Gasteiger partial charge in [-0.1, -0.05) is 42.5 Å². The van der Waals surface area contributed by atoms with Crippen LogP contribution in [0.15, 0.2) is 54.6 Å². The lowest BCUT2D eigenvalue weighted by Crippen LogP contribution is -2.52. The highest BCUT2D eigenvalue weighted by Crippen LogP contribution is 2.43. The molecule has 2 amide bonds. The maximum atomic E-state index is 12.5. The number of nitrogens with zero attached hydrogens (tertiary/aromatic N) is 1. The average Bonchev–Trinajstić information content (AvgIpc) is 3.26. The molecule has 0 aromatic heterocycles. The minimum atomic E-state index is -0.847. The fourth-order valence-electron chi connectivity index (χ4n) is 4.10. The van der Waals surface area contributed by atoms with E-state index in [0.717, 1.165) is 0 Å². The molecular weight excluding hydrogens is 410 g/mol. The Bertz CT molecular complexity index is 1030. The van der Waals surface area contributed by atoms with Crippen LogP contribution in [0.3, 0.4) is 0 Å². The van der Waals surface area contributed by atoms with Gasteiger partial charge < -0.3 is 24.8 Å². The third-order valence-electron chi connectivity index (χ3n) is 5.56. The number of fused-ring (bicyclic) bond motifs is 1. The van der Waals surface area contributed by atoms with Crippen LogP contribution in [0.2, 0.25) is 0 Å². The highest BCUT2D eigenvalue weighted by atomic mass is 16.8. The molecule has 2 aromatic carbocycles. The van der Waals surface area contributed by atoms with Crippen LogP contribution in [0, 0.1) is 6.57 Å². The number of amides is 2. The zero-order valence-corrected chi connectivity index (χ0v) is 18.0. The van der Waals surface area contributed by atoms with Crippen LogP contribution in [0.1, 0.15) is 34.6 Å². The molecule has 0 bridgehead atoms. The van der Waals surface area contributed by atoms with Gasteiger partial charge in [-0.3, -0.25) is 9.59 Å². The summed E-state index contributed by atoms with van der Waals surface area (Å²) in [4.78, 5) is 28.3. The molecule has 8 nitrogen and oxygen atoms in total. The van der Waals surface area contributed by atoms with E-state index in [-0.39, 0.29) is 31.5 Å². The van der Waals surface area contributed by atoms with Gasteiger partial charge in [0.2, 0.25) is 0 Å². The maximum absolute atomic E-state index is 12.5. The van der Waals surface area contributed by atoms with Gasteiger partial charge in [0.15, 0.2) is 11.5 Å². The molecule has 32 heavy (non-hydrogen) atoms. The van der Waals surface area contributed by atoms with Gasteiger partial charge in [-0.25, -0.2) is 4.85 Å². The monoisotopic (exact) mass is 435 g/mol. The second-order valence-electron chi connectivity index (χ2n) is 8.37. The number of hydrogen-bond acceptors (Lipinski definition) is 5. The summed E-state index contributed by atoms with van der Waals surface area (Å²) in [5.41, 5.74) is 0.647. The summed E-state index contributed by atoms with van der Waals surface area (Å²) in [5.74, 6) is -1.31. The molecule has 0 radical (unpaired) electrons. The summed E-state index contributed by atoms with van der Waals surface area (Å²) in [5, 5.41) is 5.79. The summed E-state index contributed by atoms with van der Waals surface area (Å²) >= 11 is 0. The van der Waals surface area contributed by atoms with Crippen LogP contribution in [0.4, 0.5) is 5.69 Å². The van der Waals surface area contributed by atoms with Crippen molar-refractivity contribution in [1.29, 1.82) is 0 Å². The van der Waals surface area contributed by atoms with Crippen LogP contribution < -0.4 is 10.6 Å².